The average Bonchev–Trinajstić information content (AvgIpc) is 2.92. The highest BCUT2D eigenvalue weighted by molar-refractivity contribution is 9.10. The lowest BCUT2D eigenvalue weighted by Gasteiger charge is -2.49. The Balaban J connectivity index is 1.66. The predicted octanol–water partition coefficient (Wildman–Crippen LogP) is 8.29. The summed E-state index contributed by atoms with van der Waals surface area (Å²) in [6.07, 6.45) is 3.12. The van der Waals surface area contributed by atoms with E-state index in [-0.39, 0.29) is 34.8 Å². The second kappa shape index (κ2) is 12.8. The summed E-state index contributed by atoms with van der Waals surface area (Å²) in [4.78, 5) is 30.5. The molecule has 1 heterocycles. The minimum absolute atomic E-state index is 0.0858. The molecule has 0 amide bonds. The number of carbonyl (C=O) groups excluding carboxylic acids is 2. The van der Waals surface area contributed by atoms with E-state index in [0.717, 1.165) is 47.4 Å². The molecule has 6 nitrogen and oxygen atoms in total. The van der Waals surface area contributed by atoms with Crippen molar-refractivity contribution in [2.24, 2.45) is 10.8 Å². The van der Waals surface area contributed by atoms with E-state index in [1.165, 1.54) is 12.1 Å². The van der Waals surface area contributed by atoms with Crippen LogP contribution in [0.2, 0.25) is 0 Å². The molecule has 0 aromatic heterocycles. The minimum atomic E-state index is -0.501. The largest absolute Gasteiger partial charge is 0.490 e. The van der Waals surface area contributed by atoms with Gasteiger partial charge < -0.3 is 19.1 Å². The maximum absolute atomic E-state index is 14.1. The Hall–Kier alpha value is -2.97. The van der Waals surface area contributed by atoms with Gasteiger partial charge in [0.25, 0.3) is 0 Å². The second-order valence-electron chi connectivity index (χ2n) is 13.7. The zero-order valence-electron chi connectivity index (χ0n) is 26.6. The smallest absolute Gasteiger partial charge is 0.175 e. The highest BCUT2D eigenvalue weighted by Gasteiger charge is 2.49. The van der Waals surface area contributed by atoms with Crippen LogP contribution in [-0.2, 0) is 20.9 Å². The Labute approximate surface area is 268 Å². The third kappa shape index (κ3) is 6.66. The minimum Gasteiger partial charge on any atom is -0.490 e. The summed E-state index contributed by atoms with van der Waals surface area (Å²) in [5, 5.41) is 0. The summed E-state index contributed by atoms with van der Waals surface area (Å²) >= 11 is 3.71. The maximum Gasteiger partial charge on any atom is 0.175 e. The van der Waals surface area contributed by atoms with E-state index in [0.29, 0.717) is 54.1 Å². The standard InChI is InChI=1S/C36H43BrFNO5/c1-7-43-30-16-23(15-25(37)34(30)44-21-22-10-8-11-24(38)14-22)31-32-26(17-35(2,3)19-28(32)40)39(12-9-13-42-6)27-18-36(4,5)20-29(41)33(27)31/h8,10-11,14-16,31H,7,9,12-13,17-21H2,1-6H3. The lowest BCUT2D eigenvalue weighted by molar-refractivity contribution is -0.119. The van der Waals surface area contributed by atoms with Crippen molar-refractivity contribution < 1.29 is 28.2 Å². The summed E-state index contributed by atoms with van der Waals surface area (Å²) in [5.41, 5.74) is 4.60. The number of carbonyl (C=O) groups is 2. The van der Waals surface area contributed by atoms with Gasteiger partial charge in [0.1, 0.15) is 12.4 Å². The summed E-state index contributed by atoms with van der Waals surface area (Å²) in [5.74, 6) is 0.344. The van der Waals surface area contributed by atoms with Crippen molar-refractivity contribution in [2.75, 3.05) is 26.9 Å². The third-order valence-electron chi connectivity index (χ3n) is 8.69. The van der Waals surface area contributed by atoms with E-state index in [1.807, 2.05) is 19.1 Å². The van der Waals surface area contributed by atoms with Crippen LogP contribution in [0.15, 0.2) is 63.4 Å². The van der Waals surface area contributed by atoms with E-state index >= 15 is 0 Å². The number of Topliss-reactive ketones (excluding diaryl/α,β-unsaturated/α-hetero) is 2. The molecule has 0 bridgehead atoms. The Morgan fingerprint density at radius 3 is 2.14 bits per heavy atom. The van der Waals surface area contributed by atoms with Crippen LogP contribution in [0, 0.1) is 16.6 Å². The van der Waals surface area contributed by atoms with E-state index in [9.17, 15) is 14.0 Å². The molecular formula is C36H43BrFNO5. The molecule has 2 aromatic carbocycles. The number of allylic oxidation sites excluding steroid dienone is 4. The van der Waals surface area contributed by atoms with Gasteiger partial charge in [0.05, 0.1) is 11.1 Å². The molecule has 0 saturated carbocycles. The van der Waals surface area contributed by atoms with Crippen molar-refractivity contribution >= 4 is 27.5 Å². The summed E-state index contributed by atoms with van der Waals surface area (Å²) in [6, 6.07) is 10.2. The van der Waals surface area contributed by atoms with E-state index in [4.69, 9.17) is 14.2 Å². The van der Waals surface area contributed by atoms with E-state index < -0.39 is 5.92 Å². The lowest BCUT2D eigenvalue weighted by Crippen LogP contribution is -2.44. The molecule has 44 heavy (non-hydrogen) atoms. The van der Waals surface area contributed by atoms with Crippen LogP contribution >= 0.6 is 15.9 Å². The fourth-order valence-corrected chi connectivity index (χ4v) is 7.53. The first-order valence-corrected chi connectivity index (χ1v) is 16.3. The van der Waals surface area contributed by atoms with Gasteiger partial charge in [-0.05, 0) is 88.3 Å². The molecule has 2 aliphatic carbocycles. The number of methoxy groups -OCH3 is 1. The molecule has 0 radical (unpaired) electrons. The number of rotatable bonds is 10. The molecule has 0 spiro atoms. The monoisotopic (exact) mass is 667 g/mol. The Kier molecular flexibility index (Phi) is 9.43. The first-order chi connectivity index (χ1) is 20.8. The van der Waals surface area contributed by atoms with Gasteiger partial charge in [-0.3, -0.25) is 9.59 Å². The molecule has 236 valence electrons. The zero-order valence-corrected chi connectivity index (χ0v) is 28.2. The Morgan fingerprint density at radius 1 is 0.932 bits per heavy atom. The molecule has 1 aliphatic heterocycles. The molecule has 2 aromatic rings. The average molecular weight is 669 g/mol. The van der Waals surface area contributed by atoms with Gasteiger partial charge in [-0.25, -0.2) is 4.39 Å². The molecule has 5 rings (SSSR count). The highest BCUT2D eigenvalue weighted by atomic mass is 79.9. The number of ketones is 2. The summed E-state index contributed by atoms with van der Waals surface area (Å²) in [6.45, 7) is 12.3. The van der Waals surface area contributed by atoms with Crippen LogP contribution in [0.3, 0.4) is 0 Å². The quantitative estimate of drug-likeness (QED) is 0.238. The van der Waals surface area contributed by atoms with Crippen molar-refractivity contribution in [3.8, 4) is 11.5 Å². The molecule has 0 unspecified atom stereocenters. The van der Waals surface area contributed by atoms with Crippen LogP contribution < -0.4 is 9.47 Å². The third-order valence-corrected chi connectivity index (χ3v) is 9.28. The van der Waals surface area contributed by atoms with E-state index in [2.05, 4.69) is 48.5 Å². The van der Waals surface area contributed by atoms with Crippen molar-refractivity contribution in [1.29, 1.82) is 0 Å². The first kappa shape index (κ1) is 32.4. The molecule has 0 saturated heterocycles. The predicted molar refractivity (Wildman–Crippen MR) is 172 cm³/mol. The summed E-state index contributed by atoms with van der Waals surface area (Å²) in [7, 11) is 1.70. The van der Waals surface area contributed by atoms with Gasteiger partial charge in [-0.1, -0.05) is 39.8 Å². The lowest BCUT2D eigenvalue weighted by atomic mass is 9.63. The van der Waals surface area contributed by atoms with E-state index in [1.54, 1.807) is 19.2 Å². The summed E-state index contributed by atoms with van der Waals surface area (Å²) < 4.78 is 32.1. The Bertz CT molecular complexity index is 1470. The molecule has 0 atom stereocenters. The van der Waals surface area contributed by atoms with Gasteiger partial charge >= 0.3 is 0 Å². The van der Waals surface area contributed by atoms with Gasteiger partial charge in [-0.15, -0.1) is 0 Å². The number of halogens is 2. The zero-order chi connectivity index (χ0) is 31.8. The molecule has 8 heteroatoms. The highest BCUT2D eigenvalue weighted by Crippen LogP contribution is 2.55. The fourth-order valence-electron chi connectivity index (χ4n) is 6.96. The second-order valence-corrected chi connectivity index (χ2v) is 14.6. The Morgan fingerprint density at radius 2 is 1.57 bits per heavy atom. The van der Waals surface area contributed by atoms with Gasteiger partial charge in [0.2, 0.25) is 0 Å². The van der Waals surface area contributed by atoms with Crippen molar-refractivity contribution in [3.63, 3.8) is 0 Å². The normalized spacial score (nSPS) is 19.7. The van der Waals surface area contributed by atoms with Crippen LogP contribution in [0.5, 0.6) is 11.5 Å². The topological polar surface area (TPSA) is 65.1 Å². The van der Waals surface area contributed by atoms with Crippen LogP contribution in [0.4, 0.5) is 4.39 Å². The number of nitrogens with zero attached hydrogens (tertiary/aromatic N) is 1. The maximum atomic E-state index is 14.1. The molecule has 3 aliphatic rings. The van der Waals surface area contributed by atoms with Gasteiger partial charge in [0.15, 0.2) is 23.1 Å². The first-order valence-electron chi connectivity index (χ1n) is 15.5. The van der Waals surface area contributed by atoms with Crippen molar-refractivity contribution in [2.45, 2.75) is 79.2 Å². The van der Waals surface area contributed by atoms with Crippen molar-refractivity contribution in [1.82, 2.24) is 4.90 Å². The van der Waals surface area contributed by atoms with Gasteiger partial charge in [0, 0.05) is 61.6 Å². The van der Waals surface area contributed by atoms with Crippen LogP contribution in [0.1, 0.15) is 83.8 Å². The molecule has 0 fully saturated rings. The van der Waals surface area contributed by atoms with Crippen LogP contribution in [-0.4, -0.2) is 43.3 Å². The van der Waals surface area contributed by atoms with Crippen LogP contribution in [0.25, 0.3) is 0 Å². The SMILES string of the molecule is CCOc1cc(C2C3=C(CC(C)(C)CC3=O)N(CCCOC)C3=C2C(=O)CC(C)(C)C3)cc(Br)c1OCc1cccc(F)c1. The van der Waals surface area contributed by atoms with Gasteiger partial charge in [-0.2, -0.15) is 0 Å². The number of benzene rings is 2. The fraction of sp³-hybridized carbons (Fsp3) is 0.500. The molecule has 0 N–H and O–H groups in total. The van der Waals surface area contributed by atoms with Crippen molar-refractivity contribution in [3.05, 3.63) is 80.4 Å². The number of hydrogen-bond acceptors (Lipinski definition) is 6. The number of hydrogen-bond donors (Lipinski definition) is 0. The number of ether oxygens (including phenoxy) is 3. The molecular weight excluding hydrogens is 625 g/mol.